The van der Waals surface area contributed by atoms with Gasteiger partial charge >= 0.3 is 6.18 Å². The van der Waals surface area contributed by atoms with Crippen molar-refractivity contribution in [2.24, 2.45) is 4.99 Å². The average molecular weight is 455 g/mol. The van der Waals surface area contributed by atoms with Gasteiger partial charge in [-0.2, -0.15) is 13.2 Å². The largest absolute Gasteiger partial charge is 0.416 e. The van der Waals surface area contributed by atoms with Crippen LogP contribution in [0.5, 0.6) is 0 Å². The summed E-state index contributed by atoms with van der Waals surface area (Å²) < 4.78 is 37.0. The Morgan fingerprint density at radius 1 is 1.33 bits per heavy atom. The zero-order valence-corrected chi connectivity index (χ0v) is 15.6. The number of aliphatic hydroxyl groups excluding tert-OH is 1. The number of hydrogen-bond donors (Lipinski definition) is 2. The summed E-state index contributed by atoms with van der Waals surface area (Å²) >= 11 is 0. The van der Waals surface area contributed by atoms with E-state index in [4.69, 9.17) is 5.11 Å². The highest BCUT2D eigenvalue weighted by atomic mass is 127. The van der Waals surface area contributed by atoms with Crippen molar-refractivity contribution in [1.82, 2.24) is 10.2 Å². The second-order valence-corrected chi connectivity index (χ2v) is 5.28. The topological polar surface area (TPSA) is 47.9 Å². The summed E-state index contributed by atoms with van der Waals surface area (Å²) in [6, 6.07) is 9.97. The first-order valence-corrected chi connectivity index (χ1v) is 7.36. The molecule has 1 atom stereocenters. The van der Waals surface area contributed by atoms with E-state index in [1.807, 2.05) is 41.3 Å². The highest BCUT2D eigenvalue weighted by Gasteiger charge is 2.38. The summed E-state index contributed by atoms with van der Waals surface area (Å²) in [5, 5.41) is 11.6. The van der Waals surface area contributed by atoms with Gasteiger partial charge in [0.2, 0.25) is 0 Å². The Balaban J connectivity index is 0.00000288. The predicted octanol–water partition coefficient (Wildman–Crippen LogP) is 2.89. The lowest BCUT2D eigenvalue weighted by atomic mass is 10.00. The Kier molecular flexibility index (Phi) is 8.01. The van der Waals surface area contributed by atoms with Crippen LogP contribution in [-0.4, -0.2) is 54.9 Å². The van der Waals surface area contributed by atoms with E-state index < -0.39 is 18.8 Å². The first kappa shape index (κ1) is 20.8. The molecule has 1 aliphatic rings. The molecule has 0 saturated carbocycles. The number of benzene rings is 1. The fraction of sp³-hybridized carbons (Fsp3) is 0.438. The Morgan fingerprint density at radius 3 is 2.50 bits per heavy atom. The maximum Gasteiger partial charge on any atom is 0.416 e. The standard InChI is InChI=1S/C16H20F3N3O.HI/c1-20-15(21-11-14(23)16(17,18)19)22-9-7-13(8-10-22)12-5-3-2-4-6-12;/h2-7,14,23H,8-11H2,1H3,(H,20,21);1H. The first-order valence-electron chi connectivity index (χ1n) is 7.36. The SMILES string of the molecule is CN=C(NCC(O)C(F)(F)F)N1CC=C(c2ccccc2)CC1.I. The molecule has 1 aromatic carbocycles. The number of nitrogens with zero attached hydrogens (tertiary/aromatic N) is 2. The van der Waals surface area contributed by atoms with Crippen molar-refractivity contribution in [1.29, 1.82) is 0 Å². The van der Waals surface area contributed by atoms with Gasteiger partial charge < -0.3 is 15.3 Å². The third-order valence-electron chi connectivity index (χ3n) is 3.70. The third kappa shape index (κ3) is 5.66. The number of aliphatic imine (C=N–C) groups is 1. The monoisotopic (exact) mass is 455 g/mol. The molecule has 1 heterocycles. The quantitative estimate of drug-likeness (QED) is 0.419. The number of hydrogen-bond acceptors (Lipinski definition) is 2. The molecular weight excluding hydrogens is 434 g/mol. The molecule has 2 N–H and O–H groups in total. The van der Waals surface area contributed by atoms with Crippen molar-refractivity contribution in [3.63, 3.8) is 0 Å². The molecule has 0 aromatic heterocycles. The van der Waals surface area contributed by atoms with Crippen LogP contribution in [0.4, 0.5) is 13.2 Å². The van der Waals surface area contributed by atoms with Crippen LogP contribution in [-0.2, 0) is 0 Å². The Labute approximate surface area is 156 Å². The fourth-order valence-electron chi connectivity index (χ4n) is 2.41. The number of guanidine groups is 1. The molecule has 0 radical (unpaired) electrons. The smallest absolute Gasteiger partial charge is 0.382 e. The van der Waals surface area contributed by atoms with Crippen LogP contribution in [0.2, 0.25) is 0 Å². The van der Waals surface area contributed by atoms with Gasteiger partial charge in [-0.3, -0.25) is 4.99 Å². The van der Waals surface area contributed by atoms with E-state index in [1.165, 1.54) is 12.6 Å². The van der Waals surface area contributed by atoms with Gasteiger partial charge in [0.1, 0.15) is 0 Å². The van der Waals surface area contributed by atoms with Crippen molar-refractivity contribution >= 4 is 35.5 Å². The summed E-state index contributed by atoms with van der Waals surface area (Å²) in [4.78, 5) is 5.84. The zero-order valence-electron chi connectivity index (χ0n) is 13.3. The molecule has 2 rings (SSSR count). The molecule has 0 saturated heterocycles. The van der Waals surface area contributed by atoms with E-state index in [0.29, 0.717) is 19.0 Å². The average Bonchev–Trinajstić information content (AvgIpc) is 2.55. The van der Waals surface area contributed by atoms with E-state index in [1.54, 1.807) is 0 Å². The number of alkyl halides is 3. The van der Waals surface area contributed by atoms with Crippen molar-refractivity contribution in [3.8, 4) is 0 Å². The van der Waals surface area contributed by atoms with Crippen LogP contribution < -0.4 is 5.32 Å². The van der Waals surface area contributed by atoms with E-state index >= 15 is 0 Å². The maximum atomic E-state index is 12.3. The molecule has 8 heteroatoms. The van der Waals surface area contributed by atoms with Crippen molar-refractivity contribution in [3.05, 3.63) is 42.0 Å². The van der Waals surface area contributed by atoms with Gasteiger partial charge in [-0.15, -0.1) is 24.0 Å². The predicted molar refractivity (Wildman–Crippen MR) is 99.4 cm³/mol. The first-order chi connectivity index (χ1) is 10.9. The second kappa shape index (κ2) is 9.26. The molecule has 1 aliphatic heterocycles. The minimum absolute atomic E-state index is 0. The van der Waals surface area contributed by atoms with Gasteiger partial charge in [0.25, 0.3) is 0 Å². The lowest BCUT2D eigenvalue weighted by Gasteiger charge is -2.30. The normalized spacial score (nSPS) is 17.0. The maximum absolute atomic E-state index is 12.3. The van der Waals surface area contributed by atoms with Gasteiger partial charge in [0.15, 0.2) is 12.1 Å². The van der Waals surface area contributed by atoms with Gasteiger partial charge in [-0.1, -0.05) is 36.4 Å². The Bertz CT molecular complexity index is 576. The molecule has 24 heavy (non-hydrogen) atoms. The lowest BCUT2D eigenvalue weighted by Crippen LogP contribution is -2.48. The number of halogens is 4. The van der Waals surface area contributed by atoms with Crippen LogP contribution in [0.3, 0.4) is 0 Å². The molecule has 0 aliphatic carbocycles. The van der Waals surface area contributed by atoms with Crippen molar-refractivity contribution in [2.75, 3.05) is 26.7 Å². The molecule has 1 unspecified atom stereocenters. The molecule has 134 valence electrons. The molecule has 0 amide bonds. The van der Waals surface area contributed by atoms with Crippen LogP contribution in [0.15, 0.2) is 41.4 Å². The van der Waals surface area contributed by atoms with Gasteiger partial charge in [0.05, 0.1) is 6.54 Å². The molecule has 0 bridgehead atoms. The van der Waals surface area contributed by atoms with E-state index in [0.717, 1.165) is 12.0 Å². The summed E-state index contributed by atoms with van der Waals surface area (Å²) in [5.41, 5.74) is 2.37. The van der Waals surface area contributed by atoms with Crippen LogP contribution in [0.1, 0.15) is 12.0 Å². The van der Waals surface area contributed by atoms with E-state index in [9.17, 15) is 13.2 Å². The third-order valence-corrected chi connectivity index (χ3v) is 3.70. The van der Waals surface area contributed by atoms with Crippen LogP contribution >= 0.6 is 24.0 Å². The Morgan fingerprint density at radius 2 is 2.00 bits per heavy atom. The zero-order chi connectivity index (χ0) is 16.9. The second-order valence-electron chi connectivity index (χ2n) is 5.28. The number of rotatable bonds is 3. The van der Waals surface area contributed by atoms with Crippen LogP contribution in [0, 0.1) is 0 Å². The summed E-state index contributed by atoms with van der Waals surface area (Å²) in [7, 11) is 1.51. The molecule has 4 nitrogen and oxygen atoms in total. The van der Waals surface area contributed by atoms with Crippen LogP contribution in [0.25, 0.3) is 5.57 Å². The molecule has 0 fully saturated rings. The molecular formula is C16H21F3IN3O. The number of nitrogens with one attached hydrogen (secondary N) is 1. The molecule has 0 spiro atoms. The van der Waals surface area contributed by atoms with Gasteiger partial charge in [0, 0.05) is 20.1 Å². The van der Waals surface area contributed by atoms with E-state index in [2.05, 4.69) is 10.3 Å². The van der Waals surface area contributed by atoms with Crippen molar-refractivity contribution < 1.29 is 18.3 Å². The highest BCUT2D eigenvalue weighted by molar-refractivity contribution is 14.0. The lowest BCUT2D eigenvalue weighted by molar-refractivity contribution is -0.201. The minimum atomic E-state index is -4.63. The Hall–Kier alpha value is -1.29. The van der Waals surface area contributed by atoms with E-state index in [-0.39, 0.29) is 24.0 Å². The fourth-order valence-corrected chi connectivity index (χ4v) is 2.41. The number of aliphatic hydroxyl groups is 1. The van der Waals surface area contributed by atoms with Crippen molar-refractivity contribution in [2.45, 2.75) is 18.7 Å². The van der Waals surface area contributed by atoms with Gasteiger partial charge in [-0.05, 0) is 17.6 Å². The molecule has 1 aromatic rings. The van der Waals surface area contributed by atoms with Gasteiger partial charge in [-0.25, -0.2) is 0 Å². The summed E-state index contributed by atoms with van der Waals surface area (Å²) in [6.07, 6.45) is -4.20. The summed E-state index contributed by atoms with van der Waals surface area (Å²) in [6.45, 7) is 0.608. The summed E-state index contributed by atoms with van der Waals surface area (Å²) in [5.74, 6) is 0.358. The minimum Gasteiger partial charge on any atom is -0.382 e. The highest BCUT2D eigenvalue weighted by Crippen LogP contribution is 2.22.